The van der Waals surface area contributed by atoms with Crippen molar-refractivity contribution in [2.75, 3.05) is 26.2 Å². The number of carboxylic acid groups (broad SMARTS) is 1. The van der Waals surface area contributed by atoms with E-state index in [1.165, 1.54) is 50.1 Å². The van der Waals surface area contributed by atoms with Crippen molar-refractivity contribution in [2.45, 2.75) is 38.5 Å². The van der Waals surface area contributed by atoms with E-state index < -0.39 is 5.97 Å². The molecule has 0 spiro atoms. The number of carbonyl (C=O) groups is 2. The number of aromatic carboxylic acids is 1. The number of thiophene rings is 2. The minimum atomic E-state index is -0.878. The smallest absolute Gasteiger partial charge is 0.336 e. The van der Waals surface area contributed by atoms with Crippen molar-refractivity contribution in [1.82, 2.24) is 10.2 Å². The average Bonchev–Trinajstić information content (AvgIpc) is 3.39. The van der Waals surface area contributed by atoms with Crippen molar-refractivity contribution in [3.63, 3.8) is 0 Å². The summed E-state index contributed by atoms with van der Waals surface area (Å²) >= 11 is 9.46. The molecule has 0 aromatic carbocycles. The predicted molar refractivity (Wildman–Crippen MR) is 127 cm³/mol. The van der Waals surface area contributed by atoms with E-state index in [0.717, 1.165) is 39.1 Å². The Labute approximate surface area is 196 Å². The fraction of sp³-hybridized carbons (Fsp3) is 0.500. The summed E-state index contributed by atoms with van der Waals surface area (Å²) in [7, 11) is 0. The lowest BCUT2D eigenvalue weighted by Crippen LogP contribution is -2.35. The Morgan fingerprint density at radius 2 is 1.38 bits per heavy atom. The van der Waals surface area contributed by atoms with E-state index >= 15 is 0 Å². The molecule has 0 aliphatic carbocycles. The van der Waals surface area contributed by atoms with Crippen molar-refractivity contribution in [3.8, 4) is 0 Å². The zero-order chi connectivity index (χ0) is 21.1. The molecule has 5 nitrogen and oxygen atoms in total. The van der Waals surface area contributed by atoms with Crippen molar-refractivity contribution >= 4 is 66.4 Å². The molecule has 29 heavy (non-hydrogen) atoms. The zero-order valence-electron chi connectivity index (χ0n) is 16.2. The van der Waals surface area contributed by atoms with Crippen LogP contribution in [0.1, 0.15) is 59.2 Å². The first-order valence-corrected chi connectivity index (χ1v) is 13.0. The van der Waals surface area contributed by atoms with Gasteiger partial charge >= 0.3 is 5.97 Å². The molecular weight excluding hydrogens is 540 g/mol. The maximum Gasteiger partial charge on any atom is 0.336 e. The average molecular weight is 566 g/mol. The number of hydrogen-bond donors (Lipinski definition) is 2. The van der Waals surface area contributed by atoms with E-state index in [9.17, 15) is 9.59 Å². The number of amides is 1. The number of nitrogens with zero attached hydrogens (tertiary/aromatic N) is 1. The summed E-state index contributed by atoms with van der Waals surface area (Å²) in [6, 6.07) is 3.48. The summed E-state index contributed by atoms with van der Waals surface area (Å²) in [5, 5.41) is 15.2. The highest BCUT2D eigenvalue weighted by Gasteiger charge is 2.18. The van der Waals surface area contributed by atoms with E-state index in [-0.39, 0.29) is 5.91 Å². The quantitative estimate of drug-likeness (QED) is 0.461. The van der Waals surface area contributed by atoms with Crippen molar-refractivity contribution in [1.29, 1.82) is 0 Å². The van der Waals surface area contributed by atoms with Gasteiger partial charge < -0.3 is 15.3 Å². The molecule has 0 radical (unpaired) electrons. The monoisotopic (exact) mass is 564 g/mol. The minimum Gasteiger partial charge on any atom is -0.478 e. The highest BCUT2D eigenvalue weighted by Crippen LogP contribution is 2.23. The number of hydrogen-bond acceptors (Lipinski definition) is 5. The van der Waals surface area contributed by atoms with Gasteiger partial charge in [0.05, 0.1) is 18.7 Å². The Morgan fingerprint density at radius 3 is 1.72 bits per heavy atom. The molecule has 2 aromatic rings. The van der Waals surface area contributed by atoms with Crippen LogP contribution in [0.2, 0.25) is 0 Å². The van der Waals surface area contributed by atoms with Crippen molar-refractivity contribution in [2.24, 2.45) is 0 Å². The van der Waals surface area contributed by atoms with Crippen LogP contribution in [0.25, 0.3) is 0 Å². The first-order chi connectivity index (χ1) is 14.0. The number of rotatable bonds is 2. The molecular formula is C20H26Br2N2O3S2. The van der Waals surface area contributed by atoms with Crippen LogP contribution in [-0.4, -0.2) is 48.1 Å². The third-order valence-electron chi connectivity index (χ3n) is 4.48. The van der Waals surface area contributed by atoms with Crippen LogP contribution < -0.4 is 5.32 Å². The summed E-state index contributed by atoms with van der Waals surface area (Å²) in [5.74, 6) is -0.691. The molecule has 2 aromatic heterocycles. The summed E-state index contributed by atoms with van der Waals surface area (Å²) < 4.78 is 1.87. The highest BCUT2D eigenvalue weighted by atomic mass is 79.9. The second-order valence-corrected chi connectivity index (χ2v) is 11.3. The number of piperidine rings is 2. The van der Waals surface area contributed by atoms with Crippen LogP contribution in [-0.2, 0) is 0 Å². The van der Waals surface area contributed by atoms with Gasteiger partial charge in [-0.05, 0) is 89.2 Å². The van der Waals surface area contributed by atoms with Gasteiger partial charge in [0.2, 0.25) is 0 Å². The summed E-state index contributed by atoms with van der Waals surface area (Å²) in [4.78, 5) is 24.1. The van der Waals surface area contributed by atoms with E-state index in [2.05, 4.69) is 37.2 Å². The lowest BCUT2D eigenvalue weighted by Gasteiger charge is -2.26. The number of nitrogens with one attached hydrogen (secondary N) is 1. The van der Waals surface area contributed by atoms with Gasteiger partial charge in [-0.2, -0.15) is 0 Å². The predicted octanol–water partition coefficient (Wildman–Crippen LogP) is 6.11. The Balaban J connectivity index is 0.000000171. The maximum atomic E-state index is 11.9. The molecule has 0 saturated carbocycles. The van der Waals surface area contributed by atoms with Gasteiger partial charge in [-0.15, -0.1) is 22.7 Å². The van der Waals surface area contributed by atoms with Crippen molar-refractivity contribution in [3.05, 3.63) is 41.6 Å². The van der Waals surface area contributed by atoms with E-state index in [1.807, 2.05) is 16.3 Å². The second-order valence-electron chi connectivity index (χ2n) is 6.75. The van der Waals surface area contributed by atoms with E-state index in [0.29, 0.717) is 5.56 Å². The molecule has 2 fully saturated rings. The molecule has 0 bridgehead atoms. The Bertz CT molecular complexity index is 758. The molecule has 9 heteroatoms. The highest BCUT2D eigenvalue weighted by molar-refractivity contribution is 9.11. The SMILES string of the molecule is C1CCNCC1.O=C(O)c1csc(Br)c1.O=C(c1csc(Br)c1)N1CCCCC1. The molecule has 4 rings (SSSR count). The first kappa shape index (κ1) is 24.5. The summed E-state index contributed by atoms with van der Waals surface area (Å²) in [5.41, 5.74) is 1.16. The van der Waals surface area contributed by atoms with Crippen LogP contribution >= 0.6 is 54.5 Å². The molecule has 2 aliphatic rings. The largest absolute Gasteiger partial charge is 0.478 e. The fourth-order valence-corrected chi connectivity index (χ4v) is 5.19. The van der Waals surface area contributed by atoms with Gasteiger partial charge in [0.15, 0.2) is 0 Å². The molecule has 0 atom stereocenters. The van der Waals surface area contributed by atoms with Gasteiger partial charge in [-0.3, -0.25) is 4.79 Å². The van der Waals surface area contributed by atoms with Crippen LogP contribution in [0.15, 0.2) is 30.5 Å². The standard InChI is InChI=1S/C10H12BrNOS.C5H3BrO2S.C5H11N/c11-9-6-8(7-14-9)10(13)12-4-2-1-3-5-12;6-4-1-3(2-9-4)5(7)8;1-2-4-6-5-3-1/h6-7H,1-5H2;1-2H,(H,7,8);6H,1-5H2. The first-order valence-electron chi connectivity index (χ1n) is 9.68. The fourth-order valence-electron chi connectivity index (χ4n) is 2.93. The molecule has 2 N–H and O–H groups in total. The van der Waals surface area contributed by atoms with Gasteiger partial charge in [-0.1, -0.05) is 6.42 Å². The summed E-state index contributed by atoms with van der Waals surface area (Å²) in [6.45, 7) is 4.35. The van der Waals surface area contributed by atoms with Gasteiger partial charge in [0.1, 0.15) is 0 Å². The summed E-state index contributed by atoms with van der Waals surface area (Å²) in [6.07, 6.45) is 7.78. The number of carboxylic acids is 1. The molecule has 1 amide bonds. The molecule has 160 valence electrons. The van der Waals surface area contributed by atoms with Crippen molar-refractivity contribution < 1.29 is 14.7 Å². The Hall–Kier alpha value is -0.740. The normalized spacial score (nSPS) is 16.1. The second kappa shape index (κ2) is 13.5. The molecule has 2 aliphatic heterocycles. The lowest BCUT2D eigenvalue weighted by molar-refractivity contribution is 0.0695. The molecule has 2 saturated heterocycles. The van der Waals surface area contributed by atoms with Gasteiger partial charge in [-0.25, -0.2) is 4.79 Å². The third-order valence-corrected chi connectivity index (χ3v) is 7.49. The van der Waals surface area contributed by atoms with Crippen LogP contribution in [0.3, 0.4) is 0 Å². The van der Waals surface area contributed by atoms with Gasteiger partial charge in [0.25, 0.3) is 5.91 Å². The van der Waals surface area contributed by atoms with Crippen LogP contribution in [0, 0.1) is 0 Å². The number of halogens is 2. The van der Waals surface area contributed by atoms with Crippen LogP contribution in [0.4, 0.5) is 0 Å². The third kappa shape index (κ3) is 9.29. The van der Waals surface area contributed by atoms with Gasteiger partial charge in [0, 0.05) is 23.8 Å². The number of likely N-dealkylation sites (tertiary alicyclic amines) is 1. The van der Waals surface area contributed by atoms with E-state index in [1.54, 1.807) is 22.8 Å². The van der Waals surface area contributed by atoms with E-state index in [4.69, 9.17) is 5.11 Å². The Morgan fingerprint density at radius 1 is 0.862 bits per heavy atom. The maximum absolute atomic E-state index is 11.9. The molecule has 4 heterocycles. The molecule has 0 unspecified atom stereocenters. The number of carbonyl (C=O) groups excluding carboxylic acids is 1. The topological polar surface area (TPSA) is 69.6 Å². The lowest BCUT2D eigenvalue weighted by atomic mass is 10.1. The van der Waals surface area contributed by atoms with Crippen LogP contribution in [0.5, 0.6) is 0 Å². The Kier molecular flexibility index (Phi) is 11.5. The minimum absolute atomic E-state index is 0.187. The zero-order valence-corrected chi connectivity index (χ0v) is 21.0.